The van der Waals surface area contributed by atoms with Gasteiger partial charge in [0.05, 0.1) is 5.02 Å². The van der Waals surface area contributed by atoms with E-state index in [2.05, 4.69) is 22.4 Å². The summed E-state index contributed by atoms with van der Waals surface area (Å²) in [5, 5.41) is 10.3. The van der Waals surface area contributed by atoms with Crippen LogP contribution in [0.5, 0.6) is 0 Å². The number of carbonyl (C=O) groups is 1. The molecule has 2 N–H and O–H groups in total. The van der Waals surface area contributed by atoms with E-state index in [4.69, 9.17) is 11.6 Å². The molecular weight excluding hydrogens is 264 g/mol. The van der Waals surface area contributed by atoms with E-state index in [1.807, 2.05) is 18.4 Å². The molecule has 6 heteroatoms. The van der Waals surface area contributed by atoms with Gasteiger partial charge < -0.3 is 9.88 Å². The second-order valence-corrected chi connectivity index (χ2v) is 4.95. The molecule has 0 bridgehead atoms. The number of aromatic amines is 1. The highest BCUT2D eigenvalue weighted by molar-refractivity contribution is 6.31. The highest BCUT2D eigenvalue weighted by Gasteiger charge is 2.15. The molecule has 0 radical (unpaired) electrons. The maximum atomic E-state index is 12.2. The smallest absolute Gasteiger partial charge is 0.273 e. The van der Waals surface area contributed by atoms with Gasteiger partial charge in [-0.1, -0.05) is 18.5 Å². The fourth-order valence-electron chi connectivity index (χ4n) is 1.87. The third kappa shape index (κ3) is 2.81. The minimum absolute atomic E-state index is 0.199. The zero-order valence-electron chi connectivity index (χ0n) is 11.2. The molecule has 0 unspecified atom stereocenters. The van der Waals surface area contributed by atoms with E-state index in [1.54, 1.807) is 12.3 Å². The van der Waals surface area contributed by atoms with E-state index < -0.39 is 0 Å². The summed E-state index contributed by atoms with van der Waals surface area (Å²) in [6.07, 6.45) is 2.70. The topological polar surface area (TPSA) is 62.7 Å². The first-order chi connectivity index (χ1) is 9.02. The lowest BCUT2D eigenvalue weighted by Gasteiger charge is -2.07. The van der Waals surface area contributed by atoms with Crippen LogP contribution < -0.4 is 5.32 Å². The van der Waals surface area contributed by atoms with Crippen LogP contribution in [0.3, 0.4) is 0 Å². The third-order valence-electron chi connectivity index (χ3n) is 3.05. The number of aryl methyl sites for hydroxylation is 2. The van der Waals surface area contributed by atoms with Gasteiger partial charge in [0.1, 0.15) is 5.69 Å². The number of carbonyl (C=O) groups excluding carboxylic acids is 1. The Morgan fingerprint density at radius 2 is 2.26 bits per heavy atom. The largest absolute Gasteiger partial charge is 0.342 e. The predicted octanol–water partition coefficient (Wildman–Crippen LogP) is 3.14. The summed E-state index contributed by atoms with van der Waals surface area (Å²) in [5.74, 6) is 0.359. The Hall–Kier alpha value is -1.75. The zero-order valence-corrected chi connectivity index (χ0v) is 12.0. The summed E-state index contributed by atoms with van der Waals surface area (Å²) in [6.45, 7) is 6.63. The van der Waals surface area contributed by atoms with Crippen molar-refractivity contribution in [2.45, 2.75) is 33.7 Å². The van der Waals surface area contributed by atoms with Gasteiger partial charge in [-0.05, 0) is 26.3 Å². The molecule has 0 saturated heterocycles. The number of H-pyrrole nitrogens is 1. The van der Waals surface area contributed by atoms with Gasteiger partial charge in [-0.3, -0.25) is 9.89 Å². The normalized spacial score (nSPS) is 10.7. The molecule has 0 aromatic carbocycles. The van der Waals surface area contributed by atoms with Crippen molar-refractivity contribution in [1.29, 1.82) is 0 Å². The van der Waals surface area contributed by atoms with Gasteiger partial charge in [-0.2, -0.15) is 5.10 Å². The monoisotopic (exact) mass is 280 g/mol. The SMILES string of the molecule is CCCn1cc(Cl)cc1C(=O)Nc1n[nH]c(C)c1C. The molecule has 0 atom stereocenters. The Balaban J connectivity index is 2.22. The van der Waals surface area contributed by atoms with E-state index in [9.17, 15) is 4.79 Å². The summed E-state index contributed by atoms with van der Waals surface area (Å²) in [4.78, 5) is 12.2. The molecule has 0 spiro atoms. The first-order valence-corrected chi connectivity index (χ1v) is 6.59. The number of rotatable bonds is 4. The van der Waals surface area contributed by atoms with Gasteiger partial charge in [0.2, 0.25) is 0 Å². The second-order valence-electron chi connectivity index (χ2n) is 4.51. The average Bonchev–Trinajstić information content (AvgIpc) is 2.87. The third-order valence-corrected chi connectivity index (χ3v) is 3.25. The first-order valence-electron chi connectivity index (χ1n) is 6.21. The Bertz CT molecular complexity index is 600. The summed E-state index contributed by atoms with van der Waals surface area (Å²) < 4.78 is 1.85. The van der Waals surface area contributed by atoms with E-state index in [0.29, 0.717) is 16.5 Å². The van der Waals surface area contributed by atoms with Crippen LogP contribution in [-0.2, 0) is 6.54 Å². The van der Waals surface area contributed by atoms with Crippen LogP contribution in [0.4, 0.5) is 5.82 Å². The molecule has 2 heterocycles. The number of hydrogen-bond acceptors (Lipinski definition) is 2. The number of hydrogen-bond donors (Lipinski definition) is 2. The van der Waals surface area contributed by atoms with Crippen molar-refractivity contribution in [2.75, 3.05) is 5.32 Å². The van der Waals surface area contributed by atoms with Gasteiger partial charge in [0.15, 0.2) is 5.82 Å². The molecule has 0 aliphatic heterocycles. The van der Waals surface area contributed by atoms with Gasteiger partial charge in [0.25, 0.3) is 5.91 Å². The molecule has 2 aromatic heterocycles. The fourth-order valence-corrected chi connectivity index (χ4v) is 2.09. The average molecular weight is 281 g/mol. The van der Waals surface area contributed by atoms with Crippen LogP contribution in [0.1, 0.15) is 35.1 Å². The maximum absolute atomic E-state index is 12.2. The maximum Gasteiger partial charge on any atom is 0.273 e. The lowest BCUT2D eigenvalue weighted by molar-refractivity contribution is 0.101. The quantitative estimate of drug-likeness (QED) is 0.904. The van der Waals surface area contributed by atoms with Crippen LogP contribution in [0.25, 0.3) is 0 Å². The Kier molecular flexibility index (Phi) is 3.95. The van der Waals surface area contributed by atoms with E-state index in [1.165, 1.54) is 0 Å². The highest BCUT2D eigenvalue weighted by Crippen LogP contribution is 2.18. The molecule has 2 aromatic rings. The van der Waals surface area contributed by atoms with Crippen LogP contribution in [0.2, 0.25) is 5.02 Å². The standard InChI is InChI=1S/C13H17ClN4O/c1-4-5-18-7-10(14)6-11(18)13(19)15-12-8(2)9(3)16-17-12/h6-7H,4-5H2,1-3H3,(H2,15,16,17,19). The van der Waals surface area contributed by atoms with Gasteiger partial charge in [0, 0.05) is 24.0 Å². The number of amides is 1. The van der Waals surface area contributed by atoms with E-state index in [0.717, 1.165) is 24.2 Å². The minimum atomic E-state index is -0.199. The van der Waals surface area contributed by atoms with Crippen LogP contribution >= 0.6 is 11.6 Å². The van der Waals surface area contributed by atoms with Gasteiger partial charge in [-0.15, -0.1) is 0 Å². The van der Waals surface area contributed by atoms with Crippen molar-refractivity contribution < 1.29 is 4.79 Å². The van der Waals surface area contributed by atoms with Crippen LogP contribution in [0, 0.1) is 13.8 Å². The molecule has 1 amide bonds. The first kappa shape index (κ1) is 13.7. The Morgan fingerprint density at radius 1 is 1.53 bits per heavy atom. The molecule has 0 saturated carbocycles. The summed E-state index contributed by atoms with van der Waals surface area (Å²) >= 11 is 5.96. The van der Waals surface area contributed by atoms with Gasteiger partial charge in [-0.25, -0.2) is 0 Å². The van der Waals surface area contributed by atoms with Crippen molar-refractivity contribution in [3.8, 4) is 0 Å². The summed E-state index contributed by atoms with van der Waals surface area (Å²) in [7, 11) is 0. The number of nitrogens with zero attached hydrogens (tertiary/aromatic N) is 2. The van der Waals surface area contributed by atoms with Crippen molar-refractivity contribution in [1.82, 2.24) is 14.8 Å². The zero-order chi connectivity index (χ0) is 14.0. The molecule has 2 rings (SSSR count). The van der Waals surface area contributed by atoms with Crippen molar-refractivity contribution >= 4 is 23.3 Å². The number of anilines is 1. The minimum Gasteiger partial charge on any atom is -0.342 e. The second kappa shape index (κ2) is 5.48. The molecule has 0 fully saturated rings. The number of nitrogens with one attached hydrogen (secondary N) is 2. The molecule has 5 nitrogen and oxygen atoms in total. The Morgan fingerprint density at radius 3 is 2.84 bits per heavy atom. The summed E-state index contributed by atoms with van der Waals surface area (Å²) in [5.41, 5.74) is 2.43. The number of aromatic nitrogens is 3. The van der Waals surface area contributed by atoms with Gasteiger partial charge >= 0.3 is 0 Å². The lowest BCUT2D eigenvalue weighted by atomic mass is 10.2. The van der Waals surface area contributed by atoms with Crippen molar-refractivity contribution in [3.05, 3.63) is 34.2 Å². The summed E-state index contributed by atoms with van der Waals surface area (Å²) in [6, 6.07) is 1.67. The van der Waals surface area contributed by atoms with Crippen LogP contribution in [-0.4, -0.2) is 20.7 Å². The van der Waals surface area contributed by atoms with E-state index in [-0.39, 0.29) is 5.91 Å². The van der Waals surface area contributed by atoms with Crippen molar-refractivity contribution in [2.24, 2.45) is 0 Å². The molecule has 0 aliphatic rings. The molecular formula is C13H17ClN4O. The molecule has 102 valence electrons. The Labute approximate surface area is 117 Å². The predicted molar refractivity (Wildman–Crippen MR) is 75.7 cm³/mol. The number of halogens is 1. The highest BCUT2D eigenvalue weighted by atomic mass is 35.5. The van der Waals surface area contributed by atoms with Crippen molar-refractivity contribution in [3.63, 3.8) is 0 Å². The lowest BCUT2D eigenvalue weighted by Crippen LogP contribution is -2.17. The van der Waals surface area contributed by atoms with Crippen LogP contribution in [0.15, 0.2) is 12.3 Å². The molecule has 19 heavy (non-hydrogen) atoms. The molecule has 0 aliphatic carbocycles. The fraction of sp³-hybridized carbons (Fsp3) is 0.385. The van der Waals surface area contributed by atoms with E-state index >= 15 is 0 Å².